The summed E-state index contributed by atoms with van der Waals surface area (Å²) >= 11 is 0. The van der Waals surface area contributed by atoms with Crippen LogP contribution in [-0.2, 0) is 14.8 Å². The van der Waals surface area contributed by atoms with Crippen molar-refractivity contribution >= 4 is 32.6 Å². The quantitative estimate of drug-likeness (QED) is 0.604. The van der Waals surface area contributed by atoms with Crippen LogP contribution in [0.4, 0.5) is 5.69 Å². The zero-order chi connectivity index (χ0) is 20.5. The highest BCUT2D eigenvalue weighted by molar-refractivity contribution is 7.92. The predicted molar refractivity (Wildman–Crippen MR) is 108 cm³/mol. The van der Waals surface area contributed by atoms with Gasteiger partial charge < -0.3 is 9.15 Å². The van der Waals surface area contributed by atoms with Gasteiger partial charge >= 0.3 is 5.97 Å². The van der Waals surface area contributed by atoms with Crippen LogP contribution in [0.3, 0.4) is 0 Å². The molecule has 0 saturated carbocycles. The molecule has 0 radical (unpaired) electrons. The first-order valence-electron chi connectivity index (χ1n) is 9.03. The molecule has 0 unspecified atom stereocenters. The maximum atomic E-state index is 12.8. The number of carbonyl (C=O) groups excluding carboxylic acids is 1. The van der Waals surface area contributed by atoms with Gasteiger partial charge in [-0.2, -0.15) is 0 Å². The van der Waals surface area contributed by atoms with Crippen molar-refractivity contribution in [3.05, 3.63) is 58.8 Å². The lowest BCUT2D eigenvalue weighted by molar-refractivity contribution is 0.0505. The van der Waals surface area contributed by atoms with E-state index in [1.165, 1.54) is 0 Å². The Morgan fingerprint density at radius 3 is 2.57 bits per heavy atom. The summed E-state index contributed by atoms with van der Waals surface area (Å²) in [6.45, 7) is 7.49. The summed E-state index contributed by atoms with van der Waals surface area (Å²) in [5, 5.41) is 0.514. The number of sulfonamides is 1. The number of anilines is 1. The van der Waals surface area contributed by atoms with Crippen molar-refractivity contribution in [1.29, 1.82) is 0 Å². The first kappa shape index (κ1) is 19.9. The fraction of sp³-hybridized carbons (Fsp3) is 0.286. The minimum absolute atomic E-state index is 0.221. The summed E-state index contributed by atoms with van der Waals surface area (Å²) in [7, 11) is -3.77. The predicted octanol–water partition coefficient (Wildman–Crippen LogP) is 4.73. The van der Waals surface area contributed by atoms with Gasteiger partial charge in [-0.25, -0.2) is 13.2 Å². The van der Waals surface area contributed by atoms with Crippen molar-refractivity contribution in [2.75, 3.05) is 11.3 Å². The number of benzene rings is 2. The molecule has 0 atom stereocenters. The Hall–Kier alpha value is -2.80. The molecular formula is C21H23NO5S. The zero-order valence-corrected chi connectivity index (χ0v) is 17.1. The summed E-state index contributed by atoms with van der Waals surface area (Å²) in [4.78, 5) is 12.6. The zero-order valence-electron chi connectivity index (χ0n) is 16.3. The molecule has 0 fully saturated rings. The van der Waals surface area contributed by atoms with Gasteiger partial charge in [-0.3, -0.25) is 4.72 Å². The number of fused-ring (bicyclic) bond motifs is 1. The summed E-state index contributed by atoms with van der Waals surface area (Å²) in [5.41, 5.74) is 2.67. The minimum Gasteiger partial charge on any atom is -0.462 e. The van der Waals surface area contributed by atoms with E-state index < -0.39 is 16.0 Å². The van der Waals surface area contributed by atoms with E-state index in [9.17, 15) is 13.2 Å². The molecule has 0 bridgehead atoms. The van der Waals surface area contributed by atoms with E-state index in [4.69, 9.17) is 9.15 Å². The van der Waals surface area contributed by atoms with Crippen LogP contribution in [0.1, 0.15) is 40.6 Å². The first-order valence-corrected chi connectivity index (χ1v) is 10.5. The molecule has 2 aromatic carbocycles. The lowest BCUT2D eigenvalue weighted by atomic mass is 10.1. The number of furan rings is 1. The molecule has 7 heteroatoms. The lowest BCUT2D eigenvalue weighted by Gasteiger charge is -2.11. The van der Waals surface area contributed by atoms with Crippen molar-refractivity contribution < 1.29 is 22.4 Å². The molecule has 0 amide bonds. The van der Waals surface area contributed by atoms with E-state index in [-0.39, 0.29) is 4.90 Å². The summed E-state index contributed by atoms with van der Waals surface area (Å²) in [6, 6.07) is 10.1. The highest BCUT2D eigenvalue weighted by Gasteiger charge is 2.22. The van der Waals surface area contributed by atoms with Crippen LogP contribution in [0.25, 0.3) is 11.0 Å². The van der Waals surface area contributed by atoms with Crippen LogP contribution in [0.2, 0.25) is 0 Å². The van der Waals surface area contributed by atoms with Crippen LogP contribution in [-0.4, -0.2) is 21.0 Å². The molecule has 1 N–H and O–H groups in total. The molecule has 148 valence electrons. The number of aryl methyl sites for hydroxylation is 3. The number of hydrogen-bond donors (Lipinski definition) is 1. The molecule has 1 heterocycles. The van der Waals surface area contributed by atoms with Crippen LogP contribution < -0.4 is 4.72 Å². The third kappa shape index (κ3) is 3.89. The van der Waals surface area contributed by atoms with E-state index in [0.717, 1.165) is 5.56 Å². The Balaban J connectivity index is 2.00. The molecule has 0 aliphatic rings. The van der Waals surface area contributed by atoms with Gasteiger partial charge in [0, 0.05) is 11.1 Å². The SMILES string of the molecule is CCCOC(=O)c1c(C)oc2ccc(NS(=O)(=O)c3cc(C)ccc3C)cc12. The molecule has 6 nitrogen and oxygen atoms in total. The van der Waals surface area contributed by atoms with E-state index in [1.807, 2.05) is 19.9 Å². The fourth-order valence-electron chi connectivity index (χ4n) is 3.01. The van der Waals surface area contributed by atoms with Gasteiger partial charge in [0.2, 0.25) is 0 Å². The lowest BCUT2D eigenvalue weighted by Crippen LogP contribution is -2.14. The van der Waals surface area contributed by atoms with E-state index in [0.29, 0.717) is 46.6 Å². The van der Waals surface area contributed by atoms with E-state index in [1.54, 1.807) is 44.2 Å². The highest BCUT2D eigenvalue weighted by atomic mass is 32.2. The molecular weight excluding hydrogens is 378 g/mol. The third-order valence-corrected chi connectivity index (χ3v) is 5.91. The monoisotopic (exact) mass is 401 g/mol. The average molecular weight is 401 g/mol. The summed E-state index contributed by atoms with van der Waals surface area (Å²) in [5.74, 6) is -0.0433. The van der Waals surface area contributed by atoms with Gasteiger partial charge in [0.1, 0.15) is 16.9 Å². The Bertz CT molecular complexity index is 1150. The minimum atomic E-state index is -3.77. The number of ether oxygens (including phenoxy) is 1. The van der Waals surface area contributed by atoms with Crippen LogP contribution in [0.5, 0.6) is 0 Å². The van der Waals surface area contributed by atoms with E-state index >= 15 is 0 Å². The molecule has 0 aliphatic carbocycles. The second kappa shape index (κ2) is 7.67. The smallest absolute Gasteiger partial charge is 0.342 e. The van der Waals surface area contributed by atoms with Crippen molar-refractivity contribution in [2.24, 2.45) is 0 Å². The third-order valence-electron chi connectivity index (χ3n) is 4.39. The van der Waals surface area contributed by atoms with Gasteiger partial charge in [-0.1, -0.05) is 19.1 Å². The second-order valence-corrected chi connectivity index (χ2v) is 8.41. The molecule has 3 aromatic rings. The first-order chi connectivity index (χ1) is 13.2. The fourth-order valence-corrected chi connectivity index (χ4v) is 4.39. The van der Waals surface area contributed by atoms with E-state index in [2.05, 4.69) is 4.72 Å². The Morgan fingerprint density at radius 2 is 1.86 bits per heavy atom. The number of nitrogens with one attached hydrogen (secondary N) is 1. The molecule has 0 saturated heterocycles. The van der Waals surface area contributed by atoms with Crippen molar-refractivity contribution in [3.8, 4) is 0 Å². The van der Waals surface area contributed by atoms with Gasteiger partial charge in [0.15, 0.2) is 0 Å². The van der Waals surface area contributed by atoms with Gasteiger partial charge in [-0.05, 0) is 62.6 Å². The molecule has 28 heavy (non-hydrogen) atoms. The molecule has 3 rings (SSSR count). The maximum Gasteiger partial charge on any atom is 0.342 e. The van der Waals surface area contributed by atoms with Gasteiger partial charge in [0.25, 0.3) is 10.0 Å². The van der Waals surface area contributed by atoms with Gasteiger partial charge in [-0.15, -0.1) is 0 Å². The van der Waals surface area contributed by atoms with Crippen molar-refractivity contribution in [3.63, 3.8) is 0 Å². The number of esters is 1. The van der Waals surface area contributed by atoms with Crippen LogP contribution >= 0.6 is 0 Å². The highest BCUT2D eigenvalue weighted by Crippen LogP contribution is 2.30. The van der Waals surface area contributed by atoms with Crippen LogP contribution in [0.15, 0.2) is 45.7 Å². The second-order valence-electron chi connectivity index (χ2n) is 6.75. The number of hydrogen-bond acceptors (Lipinski definition) is 5. The van der Waals surface area contributed by atoms with Crippen LogP contribution in [0, 0.1) is 20.8 Å². The number of carbonyl (C=O) groups is 1. The standard InChI is InChI=1S/C21H23NO5S/c1-5-10-26-21(23)20-15(4)27-18-9-8-16(12-17(18)20)22-28(24,25)19-11-13(2)6-7-14(19)3/h6-9,11-12,22H,5,10H2,1-4H3. The molecule has 0 spiro atoms. The summed E-state index contributed by atoms with van der Waals surface area (Å²) < 4.78 is 39.1. The van der Waals surface area contributed by atoms with Gasteiger partial charge in [0.05, 0.1) is 11.5 Å². The molecule has 0 aliphatic heterocycles. The number of rotatable bonds is 6. The van der Waals surface area contributed by atoms with Crippen molar-refractivity contribution in [1.82, 2.24) is 0 Å². The topological polar surface area (TPSA) is 85.6 Å². The Kier molecular flexibility index (Phi) is 5.47. The summed E-state index contributed by atoms with van der Waals surface area (Å²) in [6.07, 6.45) is 0.710. The Labute approximate surface area is 164 Å². The molecule has 1 aromatic heterocycles. The van der Waals surface area contributed by atoms with Crippen molar-refractivity contribution in [2.45, 2.75) is 39.0 Å². The largest absolute Gasteiger partial charge is 0.462 e. The average Bonchev–Trinajstić information content (AvgIpc) is 2.96. The Morgan fingerprint density at radius 1 is 1.11 bits per heavy atom. The maximum absolute atomic E-state index is 12.8. The normalized spacial score (nSPS) is 11.6.